The summed E-state index contributed by atoms with van der Waals surface area (Å²) in [7, 11) is 1.93. The van der Waals surface area contributed by atoms with Crippen LogP contribution in [-0.4, -0.2) is 44.1 Å². The molecule has 0 saturated heterocycles. The van der Waals surface area contributed by atoms with Crippen LogP contribution in [-0.2, 0) is 24.8 Å². The molecule has 2 aromatic heterocycles. The molecule has 0 saturated carbocycles. The molecule has 3 N–H and O–H groups in total. The lowest BCUT2D eigenvalue weighted by atomic mass is 9.99. The van der Waals surface area contributed by atoms with Crippen molar-refractivity contribution < 1.29 is 32.6 Å². The number of carboxylic acids is 1. The van der Waals surface area contributed by atoms with Crippen LogP contribution >= 0.6 is 11.8 Å². The largest absolute Gasteiger partial charge is 0.491 e. The number of nitrogens with zero attached hydrogens (tertiary/aromatic N) is 1. The van der Waals surface area contributed by atoms with Gasteiger partial charge in [-0.2, -0.15) is 13.2 Å². The van der Waals surface area contributed by atoms with E-state index in [-0.39, 0.29) is 23.2 Å². The Hall–Kier alpha value is -3.25. The number of aromatic carboxylic acids is 1. The molecule has 8 nitrogen and oxygen atoms in total. The molecule has 12 heteroatoms. The maximum Gasteiger partial charge on any atom is 0.491 e. The van der Waals surface area contributed by atoms with Crippen molar-refractivity contribution in [2.45, 2.75) is 50.3 Å². The van der Waals surface area contributed by atoms with E-state index in [0.29, 0.717) is 17.9 Å². The number of nitrogens with one attached hydrogen (secondary N) is 2. The Morgan fingerprint density at radius 1 is 1.22 bits per heavy atom. The summed E-state index contributed by atoms with van der Waals surface area (Å²) in [4.78, 5) is 39.3. The average Bonchev–Trinajstić information content (AvgIpc) is 2.94. The van der Waals surface area contributed by atoms with Crippen LogP contribution in [0.15, 0.2) is 27.9 Å². The number of pyridine rings is 1. The SMILES string of the molecule is Cn1c(CNC(C)(C)C)cc2cc3c(cc21)SCCc1c-3[nH]c(=O)c(C(=O)O)c1OC(=O)C(F)(F)F. The molecule has 36 heavy (non-hydrogen) atoms. The van der Waals surface area contributed by atoms with Crippen LogP contribution in [0.1, 0.15) is 42.4 Å². The standard InChI is InChI=1S/C24H24F3N3O5S/c1-23(2,3)28-10-12-7-11-8-14-16(9-15(11)30(12)4)36-6-5-13-18(14)29-20(31)17(21(32)33)19(13)35-22(34)24(25,26)27/h7-9,28H,5-6,10H2,1-4H3,(H,29,31)(H,32,33). The van der Waals surface area contributed by atoms with Gasteiger partial charge in [0.1, 0.15) is 0 Å². The van der Waals surface area contributed by atoms with Crippen LogP contribution in [0.25, 0.3) is 22.2 Å². The first kappa shape index (κ1) is 25.8. The number of H-pyrrole nitrogens is 1. The van der Waals surface area contributed by atoms with Crippen molar-refractivity contribution in [3.8, 4) is 17.0 Å². The Morgan fingerprint density at radius 2 is 1.92 bits per heavy atom. The summed E-state index contributed by atoms with van der Waals surface area (Å²) in [6, 6.07) is 5.70. The second-order valence-electron chi connectivity index (χ2n) is 9.51. The van der Waals surface area contributed by atoms with E-state index in [9.17, 15) is 32.7 Å². The van der Waals surface area contributed by atoms with Gasteiger partial charge in [0.25, 0.3) is 5.56 Å². The molecule has 1 aliphatic rings. The Balaban J connectivity index is 1.91. The third-order valence-electron chi connectivity index (χ3n) is 5.83. The van der Waals surface area contributed by atoms with E-state index in [0.717, 1.165) is 21.5 Å². The van der Waals surface area contributed by atoms with Crippen LogP contribution < -0.4 is 15.6 Å². The van der Waals surface area contributed by atoms with E-state index < -0.39 is 35.0 Å². The molecular formula is C24H24F3N3O5S. The van der Waals surface area contributed by atoms with E-state index in [1.165, 1.54) is 11.8 Å². The summed E-state index contributed by atoms with van der Waals surface area (Å²) < 4.78 is 45.4. The highest BCUT2D eigenvalue weighted by Gasteiger charge is 2.43. The van der Waals surface area contributed by atoms with Gasteiger partial charge >= 0.3 is 18.1 Å². The number of hydrogen-bond acceptors (Lipinski definition) is 6. The second-order valence-corrected chi connectivity index (χ2v) is 10.6. The zero-order valence-electron chi connectivity index (χ0n) is 19.9. The first-order chi connectivity index (χ1) is 16.7. The van der Waals surface area contributed by atoms with Crippen molar-refractivity contribution in [1.29, 1.82) is 0 Å². The number of fused-ring (bicyclic) bond motifs is 4. The third-order valence-corrected chi connectivity index (χ3v) is 6.89. The van der Waals surface area contributed by atoms with Crippen molar-refractivity contribution in [2.24, 2.45) is 7.05 Å². The summed E-state index contributed by atoms with van der Waals surface area (Å²) in [6.07, 6.45) is -5.29. The molecule has 0 aliphatic carbocycles. The highest BCUT2D eigenvalue weighted by atomic mass is 32.2. The molecular weight excluding hydrogens is 499 g/mol. The fourth-order valence-electron chi connectivity index (χ4n) is 4.07. The van der Waals surface area contributed by atoms with Crippen LogP contribution in [0.4, 0.5) is 13.2 Å². The monoisotopic (exact) mass is 523 g/mol. The topological polar surface area (TPSA) is 113 Å². The van der Waals surface area contributed by atoms with E-state index in [1.807, 2.05) is 23.7 Å². The Kier molecular flexibility index (Phi) is 6.46. The van der Waals surface area contributed by atoms with Gasteiger partial charge < -0.3 is 24.7 Å². The number of aromatic amines is 1. The smallest absolute Gasteiger partial charge is 0.477 e. The lowest BCUT2D eigenvalue weighted by Gasteiger charge is -2.20. The molecule has 0 atom stereocenters. The van der Waals surface area contributed by atoms with Crippen molar-refractivity contribution >= 4 is 34.6 Å². The minimum atomic E-state index is -5.36. The maximum atomic E-state index is 13.0. The van der Waals surface area contributed by atoms with Crippen LogP contribution in [0.2, 0.25) is 0 Å². The number of hydrogen-bond donors (Lipinski definition) is 3. The molecule has 0 fully saturated rings. The zero-order chi connectivity index (χ0) is 26.6. The number of aryl methyl sites for hydroxylation is 1. The van der Waals surface area contributed by atoms with E-state index >= 15 is 0 Å². The van der Waals surface area contributed by atoms with E-state index in [2.05, 4.69) is 35.8 Å². The quantitative estimate of drug-likeness (QED) is 0.439. The number of esters is 1. The fourth-order valence-corrected chi connectivity index (χ4v) is 5.11. The highest BCUT2D eigenvalue weighted by molar-refractivity contribution is 7.99. The molecule has 0 spiro atoms. The van der Waals surface area contributed by atoms with Gasteiger partial charge in [0.15, 0.2) is 11.3 Å². The number of aromatic nitrogens is 2. The normalized spacial score (nSPS) is 13.8. The lowest BCUT2D eigenvalue weighted by Crippen LogP contribution is -2.35. The van der Waals surface area contributed by atoms with Crippen LogP contribution in [0.5, 0.6) is 5.75 Å². The Morgan fingerprint density at radius 3 is 2.53 bits per heavy atom. The first-order valence-electron chi connectivity index (χ1n) is 11.0. The third kappa shape index (κ3) is 4.87. The number of carboxylic acid groups (broad SMARTS) is 1. The molecule has 4 rings (SSSR count). The van der Waals surface area contributed by atoms with Crippen molar-refractivity contribution in [3.63, 3.8) is 0 Å². The minimum absolute atomic E-state index is 0.0285. The number of ether oxygens (including phenoxy) is 1. The predicted octanol–water partition coefficient (Wildman–Crippen LogP) is 4.24. The summed E-state index contributed by atoms with van der Waals surface area (Å²) >= 11 is 1.41. The lowest BCUT2D eigenvalue weighted by molar-refractivity contribution is -0.189. The number of carbonyl (C=O) groups excluding carboxylic acids is 1. The summed E-state index contributed by atoms with van der Waals surface area (Å²) in [6.45, 7) is 6.75. The molecule has 0 bridgehead atoms. The number of thioether (sulfide) groups is 1. The molecule has 0 amide bonds. The summed E-state index contributed by atoms with van der Waals surface area (Å²) in [5.74, 6) is -4.91. The molecule has 3 aromatic rings. The highest BCUT2D eigenvalue weighted by Crippen LogP contribution is 2.42. The van der Waals surface area contributed by atoms with Crippen LogP contribution in [0.3, 0.4) is 0 Å². The van der Waals surface area contributed by atoms with Gasteiger partial charge in [0.05, 0.1) is 5.69 Å². The average molecular weight is 524 g/mol. The molecule has 0 radical (unpaired) electrons. The zero-order valence-corrected chi connectivity index (χ0v) is 20.7. The Labute approximate surface area is 207 Å². The van der Waals surface area contributed by atoms with Crippen LogP contribution in [0, 0.1) is 0 Å². The van der Waals surface area contributed by atoms with E-state index in [4.69, 9.17) is 0 Å². The number of rotatable bonds is 4. The van der Waals surface area contributed by atoms with Crippen molar-refractivity contribution in [2.75, 3.05) is 5.75 Å². The summed E-state index contributed by atoms with van der Waals surface area (Å²) in [5, 5.41) is 13.8. The van der Waals surface area contributed by atoms with Gasteiger partial charge in [-0.1, -0.05) is 0 Å². The second kappa shape index (κ2) is 9.00. The van der Waals surface area contributed by atoms with Gasteiger partial charge in [0.2, 0.25) is 0 Å². The molecule has 1 aliphatic heterocycles. The van der Waals surface area contributed by atoms with Gasteiger partial charge in [-0.05, 0) is 45.4 Å². The fraction of sp³-hybridized carbons (Fsp3) is 0.375. The van der Waals surface area contributed by atoms with Gasteiger partial charge in [-0.25, -0.2) is 9.59 Å². The summed E-state index contributed by atoms with van der Waals surface area (Å²) in [5.41, 5.74) is 0.288. The van der Waals surface area contributed by atoms with Crippen molar-refractivity contribution in [1.82, 2.24) is 14.9 Å². The maximum absolute atomic E-state index is 13.0. The number of carbonyl (C=O) groups is 2. The molecule has 1 aromatic carbocycles. The predicted molar refractivity (Wildman–Crippen MR) is 129 cm³/mol. The minimum Gasteiger partial charge on any atom is -0.477 e. The van der Waals surface area contributed by atoms with Gasteiger partial charge in [0, 0.05) is 57.5 Å². The van der Waals surface area contributed by atoms with Gasteiger partial charge in [-0.15, -0.1) is 11.8 Å². The van der Waals surface area contributed by atoms with Gasteiger partial charge in [-0.3, -0.25) is 4.79 Å². The van der Waals surface area contributed by atoms with Crippen molar-refractivity contribution in [3.05, 3.63) is 45.4 Å². The number of halogens is 3. The van der Waals surface area contributed by atoms with E-state index in [1.54, 1.807) is 6.07 Å². The number of benzene rings is 1. The molecule has 0 unspecified atom stereocenters. The Bertz CT molecular complexity index is 1450. The first-order valence-corrected chi connectivity index (χ1v) is 12.0. The molecule has 192 valence electrons. The molecule has 3 heterocycles. The number of alkyl halides is 3.